The van der Waals surface area contributed by atoms with Crippen LogP contribution in [0.2, 0.25) is 0 Å². The van der Waals surface area contributed by atoms with Crippen LogP contribution in [0.4, 0.5) is 0 Å². The second-order valence-corrected chi connectivity index (χ2v) is 10.2. The smallest absolute Gasteiger partial charge is 0.262 e. The molecule has 2 heterocycles. The van der Waals surface area contributed by atoms with Crippen LogP contribution in [0, 0.1) is 11.3 Å². The van der Waals surface area contributed by atoms with Gasteiger partial charge in [0, 0.05) is 39.1 Å². The standard InChI is InChI=1S/C32H26N6O2/c1-19-26-6-4-5-7-27(26)20(2)38(19)15-14-32(31-34-36-37-35-31)28-12-10-22(21(3)39)16-23(28)8-9-24-17-25(30(40)18-33)11-13-29(24)32/h4-7,10-13,16-17H,1-2,8-9,14-15H2,3H3,(H,34,35,36,37). The molecular formula is C32H26N6O2. The van der Waals surface area contributed by atoms with Gasteiger partial charge >= 0.3 is 0 Å². The summed E-state index contributed by atoms with van der Waals surface area (Å²) < 4.78 is 2.12. The van der Waals surface area contributed by atoms with E-state index in [-0.39, 0.29) is 5.78 Å². The first kappa shape index (κ1) is 25.1. The maximum absolute atomic E-state index is 12.3. The monoisotopic (exact) mass is 526 g/mol. The quantitative estimate of drug-likeness (QED) is 0.268. The van der Waals surface area contributed by atoms with Gasteiger partial charge in [0.1, 0.15) is 6.07 Å². The van der Waals surface area contributed by atoms with Gasteiger partial charge < -0.3 is 4.57 Å². The van der Waals surface area contributed by atoms with Crippen molar-refractivity contribution in [3.8, 4) is 6.07 Å². The van der Waals surface area contributed by atoms with Crippen LogP contribution in [0.25, 0.3) is 23.9 Å². The lowest BCUT2D eigenvalue weighted by molar-refractivity contribution is 0.101. The van der Waals surface area contributed by atoms with Crippen molar-refractivity contribution in [3.63, 3.8) is 0 Å². The third-order valence-electron chi connectivity index (χ3n) is 8.20. The van der Waals surface area contributed by atoms with Crippen LogP contribution in [0.1, 0.15) is 62.1 Å². The Labute approximate surface area is 230 Å². The highest BCUT2D eigenvalue weighted by atomic mass is 16.1. The van der Waals surface area contributed by atoms with Crippen molar-refractivity contribution in [2.75, 3.05) is 0 Å². The Kier molecular flexibility index (Phi) is 6.00. The van der Waals surface area contributed by atoms with E-state index in [1.165, 1.54) is 0 Å². The highest BCUT2D eigenvalue weighted by Crippen LogP contribution is 2.46. The number of carbonyl (C=O) groups is 2. The highest BCUT2D eigenvalue weighted by molar-refractivity contribution is 6.07. The number of aryl methyl sites for hydroxylation is 2. The number of benzene rings is 3. The van der Waals surface area contributed by atoms with Crippen molar-refractivity contribution >= 4 is 35.5 Å². The molecule has 1 aliphatic rings. The van der Waals surface area contributed by atoms with Gasteiger partial charge in [-0.25, -0.2) is 0 Å². The minimum atomic E-state index is -0.868. The van der Waals surface area contributed by atoms with E-state index in [1.54, 1.807) is 25.1 Å². The second-order valence-electron chi connectivity index (χ2n) is 10.2. The van der Waals surface area contributed by atoms with E-state index in [9.17, 15) is 14.9 Å². The molecule has 3 aromatic carbocycles. The van der Waals surface area contributed by atoms with Gasteiger partial charge in [-0.2, -0.15) is 10.5 Å². The molecule has 1 N–H and O–H groups in total. The summed E-state index contributed by atoms with van der Waals surface area (Å²) in [6, 6.07) is 21.0. The van der Waals surface area contributed by atoms with Crippen molar-refractivity contribution < 1.29 is 9.59 Å². The number of H-pyrrole nitrogens is 1. The maximum Gasteiger partial charge on any atom is 0.262 e. The summed E-state index contributed by atoms with van der Waals surface area (Å²) in [5, 5.41) is 28.7. The molecule has 40 heavy (non-hydrogen) atoms. The van der Waals surface area contributed by atoms with E-state index in [2.05, 4.69) is 38.3 Å². The first-order valence-corrected chi connectivity index (χ1v) is 13.1. The van der Waals surface area contributed by atoms with Crippen molar-refractivity contribution in [1.82, 2.24) is 25.2 Å². The Hall–Kier alpha value is -5.16. The lowest BCUT2D eigenvalue weighted by Crippen LogP contribution is -2.36. The van der Waals surface area contributed by atoms with Crippen LogP contribution in [-0.4, -0.2) is 36.8 Å². The summed E-state index contributed by atoms with van der Waals surface area (Å²) >= 11 is 0. The number of nitrogens with zero attached hydrogens (tertiary/aromatic N) is 5. The average Bonchev–Trinajstić information content (AvgIpc) is 3.57. The van der Waals surface area contributed by atoms with Crippen LogP contribution >= 0.6 is 0 Å². The Morgan fingerprint density at radius 2 is 1.57 bits per heavy atom. The van der Waals surface area contributed by atoms with Gasteiger partial charge in [-0.05, 0) is 66.6 Å². The largest absolute Gasteiger partial charge is 0.341 e. The van der Waals surface area contributed by atoms with E-state index < -0.39 is 11.2 Å². The van der Waals surface area contributed by atoms with E-state index in [4.69, 9.17) is 0 Å². The number of nitrogens with one attached hydrogen (secondary N) is 1. The lowest BCUT2D eigenvalue weighted by atomic mass is 9.69. The molecule has 1 aliphatic carbocycles. The number of aromatic nitrogens is 5. The average molecular weight is 527 g/mol. The molecule has 8 nitrogen and oxygen atoms in total. The third kappa shape index (κ3) is 3.78. The fraction of sp³-hybridized carbons (Fsp3) is 0.188. The number of hydrogen-bond acceptors (Lipinski definition) is 6. The molecule has 1 unspecified atom stereocenters. The van der Waals surface area contributed by atoms with Crippen LogP contribution in [0.15, 0.2) is 60.7 Å². The van der Waals surface area contributed by atoms with E-state index in [0.717, 1.165) is 43.7 Å². The number of Topliss-reactive ketones (excluding diaryl/α,β-unsaturated/α-hetero) is 2. The Balaban J connectivity index is 1.62. The summed E-state index contributed by atoms with van der Waals surface area (Å²) in [7, 11) is 0. The number of rotatable bonds is 6. The number of tetrazole rings is 1. The van der Waals surface area contributed by atoms with Gasteiger partial charge in [-0.15, -0.1) is 10.2 Å². The molecule has 0 bridgehead atoms. The van der Waals surface area contributed by atoms with Crippen molar-refractivity contribution in [1.29, 1.82) is 5.26 Å². The molecule has 8 heteroatoms. The number of carbonyl (C=O) groups excluding carboxylic acids is 2. The van der Waals surface area contributed by atoms with E-state index in [0.29, 0.717) is 42.8 Å². The van der Waals surface area contributed by atoms with Crippen molar-refractivity contribution in [3.05, 3.63) is 111 Å². The molecule has 0 fully saturated rings. The summed E-state index contributed by atoms with van der Waals surface area (Å²) in [6.45, 7) is 10.8. The number of nitriles is 1. The van der Waals surface area contributed by atoms with Crippen molar-refractivity contribution in [2.45, 2.75) is 38.1 Å². The van der Waals surface area contributed by atoms with Gasteiger partial charge in [0.05, 0.1) is 5.41 Å². The molecule has 1 atom stereocenters. The highest BCUT2D eigenvalue weighted by Gasteiger charge is 2.44. The molecule has 0 saturated heterocycles. The van der Waals surface area contributed by atoms with E-state index in [1.807, 2.05) is 48.5 Å². The molecule has 0 radical (unpaired) electrons. The minimum absolute atomic E-state index is 0.0148. The zero-order valence-electron chi connectivity index (χ0n) is 22.1. The normalized spacial score (nSPS) is 16.1. The molecule has 0 saturated carbocycles. The van der Waals surface area contributed by atoms with Gasteiger partial charge in [0.15, 0.2) is 11.6 Å². The van der Waals surface area contributed by atoms with Crippen molar-refractivity contribution in [2.24, 2.45) is 0 Å². The Morgan fingerprint density at radius 1 is 0.975 bits per heavy atom. The molecule has 6 rings (SSSR count). The molecule has 0 amide bonds. The topological polar surface area (TPSA) is 117 Å². The molecule has 5 aromatic rings. The molecule has 196 valence electrons. The second kappa shape index (κ2) is 9.54. The summed E-state index contributed by atoms with van der Waals surface area (Å²) in [6.07, 6.45) is 1.79. The minimum Gasteiger partial charge on any atom is -0.341 e. The fourth-order valence-corrected chi connectivity index (χ4v) is 6.23. The van der Waals surface area contributed by atoms with Crippen LogP contribution in [0.5, 0.6) is 0 Å². The fourth-order valence-electron chi connectivity index (χ4n) is 6.23. The summed E-state index contributed by atoms with van der Waals surface area (Å²) in [5.41, 5.74) is 3.94. The lowest BCUT2D eigenvalue weighted by Gasteiger charge is -2.34. The summed E-state index contributed by atoms with van der Waals surface area (Å²) in [4.78, 5) is 24.7. The molecule has 0 aliphatic heterocycles. The predicted octanol–water partition coefficient (Wildman–Crippen LogP) is 3.41. The number of fused-ring (bicyclic) bond motifs is 3. The first-order valence-electron chi connectivity index (χ1n) is 13.1. The molecule has 0 spiro atoms. The van der Waals surface area contributed by atoms with Gasteiger partial charge in [-0.3, -0.25) is 9.59 Å². The predicted molar refractivity (Wildman–Crippen MR) is 151 cm³/mol. The number of ketones is 2. The Bertz CT molecular complexity index is 1920. The SMILES string of the molecule is C=c1c2ccccc2c(=C)n1CCC1(c2nn[nH]n2)c2ccc(C(C)=O)cc2CCc2cc(C(=O)C#N)ccc21. The van der Waals surface area contributed by atoms with Crippen LogP contribution < -0.4 is 10.7 Å². The zero-order chi connectivity index (χ0) is 28.0. The van der Waals surface area contributed by atoms with Gasteiger partial charge in [0.2, 0.25) is 0 Å². The first-order chi connectivity index (χ1) is 19.3. The molecule has 2 aromatic heterocycles. The van der Waals surface area contributed by atoms with Crippen LogP contribution in [-0.2, 0) is 24.8 Å². The summed E-state index contributed by atoms with van der Waals surface area (Å²) in [5.74, 6) is -0.116. The number of aromatic amines is 1. The van der Waals surface area contributed by atoms with Crippen LogP contribution in [0.3, 0.4) is 0 Å². The Morgan fingerprint density at radius 3 is 2.12 bits per heavy atom. The number of hydrogen-bond donors (Lipinski definition) is 1. The van der Waals surface area contributed by atoms with Gasteiger partial charge in [0.25, 0.3) is 5.78 Å². The zero-order valence-corrected chi connectivity index (χ0v) is 22.1. The van der Waals surface area contributed by atoms with Gasteiger partial charge in [-0.1, -0.05) is 60.8 Å². The maximum atomic E-state index is 12.3. The van der Waals surface area contributed by atoms with E-state index >= 15 is 0 Å². The molecular weight excluding hydrogens is 500 g/mol. The third-order valence-corrected chi connectivity index (χ3v) is 8.20.